The molecule has 0 saturated carbocycles. The second-order valence-electron chi connectivity index (χ2n) is 4.47. The molecule has 7 heteroatoms. The van der Waals surface area contributed by atoms with E-state index in [2.05, 4.69) is 15.3 Å². The number of aromatic nitrogens is 2. The number of aryl methyl sites for hydroxylation is 1. The molecular formula is C11H17N3O3S. The van der Waals surface area contributed by atoms with Gasteiger partial charge in [0.05, 0.1) is 18.6 Å². The topological polar surface area (TPSA) is 81.2 Å². The summed E-state index contributed by atoms with van der Waals surface area (Å²) in [4.78, 5) is 8.38. The third kappa shape index (κ3) is 3.32. The van der Waals surface area contributed by atoms with Crippen molar-refractivity contribution in [3.8, 4) is 5.88 Å². The summed E-state index contributed by atoms with van der Waals surface area (Å²) in [5.41, 5.74) is 0.781. The Morgan fingerprint density at radius 1 is 1.44 bits per heavy atom. The highest BCUT2D eigenvalue weighted by atomic mass is 32.2. The molecule has 6 nitrogen and oxygen atoms in total. The maximum absolute atomic E-state index is 11.5. The van der Waals surface area contributed by atoms with Crippen molar-refractivity contribution in [2.24, 2.45) is 0 Å². The van der Waals surface area contributed by atoms with Crippen LogP contribution < -0.4 is 10.1 Å². The van der Waals surface area contributed by atoms with Gasteiger partial charge in [0.15, 0.2) is 9.84 Å². The molecule has 0 radical (unpaired) electrons. The molecule has 0 spiro atoms. The largest absolute Gasteiger partial charge is 0.481 e. The van der Waals surface area contributed by atoms with Crippen LogP contribution in [0, 0.1) is 6.92 Å². The van der Waals surface area contributed by atoms with E-state index in [0.717, 1.165) is 12.1 Å². The van der Waals surface area contributed by atoms with E-state index >= 15 is 0 Å². The predicted molar refractivity (Wildman–Crippen MR) is 68.6 cm³/mol. The van der Waals surface area contributed by atoms with Crippen molar-refractivity contribution >= 4 is 15.8 Å². The normalized spacial score (nSPS) is 22.4. The maximum atomic E-state index is 11.5. The van der Waals surface area contributed by atoms with E-state index in [4.69, 9.17) is 4.74 Å². The summed E-state index contributed by atoms with van der Waals surface area (Å²) in [5, 5.41) is 3.07. The lowest BCUT2D eigenvalue weighted by Gasteiger charge is -2.23. The minimum Gasteiger partial charge on any atom is -0.481 e. The van der Waals surface area contributed by atoms with Crippen molar-refractivity contribution in [3.63, 3.8) is 0 Å². The smallest absolute Gasteiger partial charge is 0.226 e. The average molecular weight is 271 g/mol. The van der Waals surface area contributed by atoms with Crippen LogP contribution in [0.25, 0.3) is 0 Å². The van der Waals surface area contributed by atoms with Gasteiger partial charge in [0, 0.05) is 17.8 Å². The fourth-order valence-corrected chi connectivity index (χ4v) is 3.66. The number of nitrogens with one attached hydrogen (secondary N) is 1. The van der Waals surface area contributed by atoms with Gasteiger partial charge in [0.2, 0.25) is 11.8 Å². The molecule has 1 N–H and O–H groups in total. The summed E-state index contributed by atoms with van der Waals surface area (Å²) in [5.74, 6) is 1.33. The highest BCUT2D eigenvalue weighted by molar-refractivity contribution is 7.91. The van der Waals surface area contributed by atoms with Crippen LogP contribution in [-0.2, 0) is 9.84 Å². The highest BCUT2D eigenvalue weighted by Gasteiger charge is 2.25. The number of ether oxygens (including phenoxy) is 1. The first kappa shape index (κ1) is 13.1. The molecule has 1 aromatic heterocycles. The molecule has 2 rings (SSSR count). The Morgan fingerprint density at radius 2 is 2.22 bits per heavy atom. The first-order chi connectivity index (χ1) is 8.48. The van der Waals surface area contributed by atoms with Crippen LogP contribution in [0.5, 0.6) is 5.88 Å². The van der Waals surface area contributed by atoms with Gasteiger partial charge in [-0.2, -0.15) is 4.98 Å². The third-order valence-corrected chi connectivity index (χ3v) is 4.66. The summed E-state index contributed by atoms with van der Waals surface area (Å²) >= 11 is 0. The Morgan fingerprint density at radius 3 is 2.89 bits per heavy atom. The zero-order valence-electron chi connectivity index (χ0n) is 10.5. The number of methoxy groups -OCH3 is 1. The van der Waals surface area contributed by atoms with Crippen LogP contribution >= 0.6 is 0 Å². The Labute approximate surface area is 107 Å². The molecular weight excluding hydrogens is 254 g/mol. The number of sulfone groups is 1. The summed E-state index contributed by atoms with van der Waals surface area (Å²) in [7, 11) is -1.39. The van der Waals surface area contributed by atoms with Crippen molar-refractivity contribution in [1.29, 1.82) is 0 Å². The lowest BCUT2D eigenvalue weighted by Crippen LogP contribution is -2.35. The molecule has 0 bridgehead atoms. The molecule has 1 aliphatic rings. The molecule has 1 aliphatic heterocycles. The molecule has 0 amide bonds. The lowest BCUT2D eigenvalue weighted by atomic mass is 10.2. The van der Waals surface area contributed by atoms with Gasteiger partial charge in [-0.15, -0.1) is 0 Å². The second kappa shape index (κ2) is 5.09. The monoisotopic (exact) mass is 271 g/mol. The molecule has 2 heterocycles. The van der Waals surface area contributed by atoms with Gasteiger partial charge in [-0.25, -0.2) is 13.4 Å². The van der Waals surface area contributed by atoms with Crippen molar-refractivity contribution in [2.75, 3.05) is 23.9 Å². The fourth-order valence-electron chi connectivity index (χ4n) is 2.03. The minimum absolute atomic E-state index is 0.116. The Kier molecular flexibility index (Phi) is 3.70. The molecule has 0 aromatic carbocycles. The summed E-state index contributed by atoms with van der Waals surface area (Å²) in [6.45, 7) is 1.84. The van der Waals surface area contributed by atoms with Gasteiger partial charge in [-0.3, -0.25) is 0 Å². The van der Waals surface area contributed by atoms with Gasteiger partial charge in [-0.1, -0.05) is 0 Å². The average Bonchev–Trinajstić information content (AvgIpc) is 2.26. The van der Waals surface area contributed by atoms with Crippen LogP contribution in [0.15, 0.2) is 6.07 Å². The number of hydrogen-bond donors (Lipinski definition) is 1. The van der Waals surface area contributed by atoms with E-state index in [1.54, 1.807) is 6.07 Å². The SMILES string of the molecule is COc1cc(C)nc(NC2CCCS(=O)(=O)C2)n1. The van der Waals surface area contributed by atoms with Crippen LogP contribution in [0.2, 0.25) is 0 Å². The Hall–Kier alpha value is -1.37. The van der Waals surface area contributed by atoms with E-state index in [1.807, 2.05) is 6.92 Å². The molecule has 1 saturated heterocycles. The van der Waals surface area contributed by atoms with Crippen LogP contribution in [0.4, 0.5) is 5.95 Å². The van der Waals surface area contributed by atoms with Crippen molar-refractivity contribution in [1.82, 2.24) is 9.97 Å². The van der Waals surface area contributed by atoms with Gasteiger partial charge in [0.1, 0.15) is 0 Å². The molecule has 1 unspecified atom stereocenters. The zero-order valence-corrected chi connectivity index (χ0v) is 11.3. The minimum atomic E-state index is -2.93. The Balaban J connectivity index is 2.11. The van der Waals surface area contributed by atoms with Crippen molar-refractivity contribution in [3.05, 3.63) is 11.8 Å². The number of anilines is 1. The number of rotatable bonds is 3. The lowest BCUT2D eigenvalue weighted by molar-refractivity contribution is 0.396. The summed E-state index contributed by atoms with van der Waals surface area (Å²) < 4.78 is 28.1. The highest BCUT2D eigenvalue weighted by Crippen LogP contribution is 2.17. The van der Waals surface area contributed by atoms with Gasteiger partial charge in [0.25, 0.3) is 0 Å². The van der Waals surface area contributed by atoms with Crippen molar-refractivity contribution in [2.45, 2.75) is 25.8 Å². The van der Waals surface area contributed by atoms with Crippen LogP contribution in [0.1, 0.15) is 18.5 Å². The first-order valence-electron chi connectivity index (χ1n) is 5.85. The third-order valence-electron chi connectivity index (χ3n) is 2.84. The van der Waals surface area contributed by atoms with Crippen LogP contribution in [-0.4, -0.2) is 43.0 Å². The number of hydrogen-bond acceptors (Lipinski definition) is 6. The summed E-state index contributed by atoms with van der Waals surface area (Å²) in [6, 6.07) is 1.61. The first-order valence-corrected chi connectivity index (χ1v) is 7.67. The van der Waals surface area contributed by atoms with Gasteiger partial charge in [-0.05, 0) is 19.8 Å². The standard InChI is InChI=1S/C11H17N3O3S/c1-8-6-10(17-2)14-11(12-8)13-9-4-3-5-18(15,16)7-9/h6,9H,3-5,7H2,1-2H3,(H,12,13,14). The van der Waals surface area contributed by atoms with Gasteiger partial charge < -0.3 is 10.1 Å². The summed E-state index contributed by atoms with van der Waals surface area (Å²) in [6.07, 6.45) is 1.50. The molecule has 1 atom stereocenters. The van der Waals surface area contributed by atoms with E-state index < -0.39 is 9.84 Å². The van der Waals surface area contributed by atoms with E-state index in [-0.39, 0.29) is 17.5 Å². The predicted octanol–water partition coefficient (Wildman–Crippen LogP) is 0.783. The van der Waals surface area contributed by atoms with Crippen LogP contribution in [0.3, 0.4) is 0 Å². The molecule has 1 aromatic rings. The van der Waals surface area contributed by atoms with E-state index in [0.29, 0.717) is 18.2 Å². The maximum Gasteiger partial charge on any atom is 0.226 e. The molecule has 18 heavy (non-hydrogen) atoms. The quantitative estimate of drug-likeness (QED) is 0.875. The molecule has 100 valence electrons. The zero-order chi connectivity index (χ0) is 13.2. The second-order valence-corrected chi connectivity index (χ2v) is 6.70. The van der Waals surface area contributed by atoms with E-state index in [9.17, 15) is 8.42 Å². The Bertz CT molecular complexity index is 530. The number of nitrogens with zero attached hydrogens (tertiary/aromatic N) is 2. The van der Waals surface area contributed by atoms with Crippen molar-refractivity contribution < 1.29 is 13.2 Å². The van der Waals surface area contributed by atoms with Gasteiger partial charge >= 0.3 is 0 Å². The van der Waals surface area contributed by atoms with E-state index in [1.165, 1.54) is 7.11 Å². The molecule has 1 fully saturated rings. The molecule has 0 aliphatic carbocycles. The fraction of sp³-hybridized carbons (Fsp3) is 0.636.